The molecule has 0 atom stereocenters. The first-order valence-corrected chi connectivity index (χ1v) is 9.78. The number of hydrogen-bond donors (Lipinski definition) is 2. The Balaban J connectivity index is 1.39. The molecular weight excluding hydrogens is 358 g/mol. The van der Waals surface area contributed by atoms with E-state index in [1.54, 1.807) is 11.4 Å². The molecule has 1 aliphatic heterocycles. The molecule has 2 heterocycles. The number of thiazole rings is 1. The molecule has 27 heavy (non-hydrogen) atoms. The SMILES string of the molecule is O=C1CCc2ccc(NC(=O)c3csc(CCc4ccccc4)n3)cc2N1. The Morgan fingerprint density at radius 1 is 1.11 bits per heavy atom. The monoisotopic (exact) mass is 377 g/mol. The molecular formula is C21H19N3O2S. The number of carbonyl (C=O) groups excluding carboxylic acids is 2. The van der Waals surface area contributed by atoms with E-state index in [0.29, 0.717) is 17.8 Å². The number of benzene rings is 2. The van der Waals surface area contributed by atoms with Crippen LogP contribution in [0.3, 0.4) is 0 Å². The van der Waals surface area contributed by atoms with E-state index in [9.17, 15) is 9.59 Å². The molecule has 0 unspecified atom stereocenters. The van der Waals surface area contributed by atoms with Crippen molar-refractivity contribution in [2.75, 3.05) is 10.6 Å². The number of fused-ring (bicyclic) bond motifs is 1. The van der Waals surface area contributed by atoms with Crippen molar-refractivity contribution in [1.29, 1.82) is 0 Å². The van der Waals surface area contributed by atoms with Crippen LogP contribution >= 0.6 is 11.3 Å². The summed E-state index contributed by atoms with van der Waals surface area (Å²) in [7, 11) is 0. The molecule has 4 rings (SSSR count). The predicted octanol–water partition coefficient (Wildman–Crippen LogP) is 4.07. The maximum Gasteiger partial charge on any atom is 0.275 e. The molecule has 1 aliphatic rings. The summed E-state index contributed by atoms with van der Waals surface area (Å²) in [5, 5.41) is 8.44. The van der Waals surface area contributed by atoms with E-state index in [1.165, 1.54) is 16.9 Å². The molecule has 0 saturated heterocycles. The van der Waals surface area contributed by atoms with Gasteiger partial charge in [-0.25, -0.2) is 4.98 Å². The largest absolute Gasteiger partial charge is 0.326 e. The normalized spacial score (nSPS) is 13.0. The highest BCUT2D eigenvalue weighted by Gasteiger charge is 2.16. The standard InChI is InChI=1S/C21H19N3O2S/c25-19-10-8-15-7-9-16(12-17(15)23-19)22-21(26)18-13-27-20(24-18)11-6-14-4-2-1-3-5-14/h1-5,7,9,12-13H,6,8,10-11H2,(H,22,26)(H,23,25). The smallest absolute Gasteiger partial charge is 0.275 e. The van der Waals surface area contributed by atoms with E-state index in [0.717, 1.165) is 35.5 Å². The quantitative estimate of drug-likeness (QED) is 0.704. The Morgan fingerprint density at radius 3 is 2.81 bits per heavy atom. The molecule has 6 heteroatoms. The minimum absolute atomic E-state index is 0.00790. The van der Waals surface area contributed by atoms with E-state index < -0.39 is 0 Å². The zero-order valence-corrected chi connectivity index (χ0v) is 15.5. The van der Waals surface area contributed by atoms with Crippen molar-refractivity contribution in [1.82, 2.24) is 4.98 Å². The topological polar surface area (TPSA) is 71.1 Å². The highest BCUT2D eigenvalue weighted by molar-refractivity contribution is 7.09. The molecule has 0 spiro atoms. The molecule has 136 valence electrons. The number of nitrogens with one attached hydrogen (secondary N) is 2. The van der Waals surface area contributed by atoms with Gasteiger partial charge in [-0.15, -0.1) is 11.3 Å². The Kier molecular flexibility index (Phi) is 4.98. The van der Waals surface area contributed by atoms with Crippen LogP contribution in [0.15, 0.2) is 53.9 Å². The van der Waals surface area contributed by atoms with Gasteiger partial charge in [0.2, 0.25) is 5.91 Å². The van der Waals surface area contributed by atoms with Crippen LogP contribution in [0.4, 0.5) is 11.4 Å². The average molecular weight is 377 g/mol. The lowest BCUT2D eigenvalue weighted by atomic mass is 10.0. The van der Waals surface area contributed by atoms with Crippen molar-refractivity contribution >= 4 is 34.5 Å². The van der Waals surface area contributed by atoms with Crippen LogP contribution in [0, 0.1) is 0 Å². The summed E-state index contributed by atoms with van der Waals surface area (Å²) >= 11 is 1.50. The Bertz CT molecular complexity index is 982. The van der Waals surface area contributed by atoms with Gasteiger partial charge in [-0.2, -0.15) is 0 Å². The van der Waals surface area contributed by atoms with Gasteiger partial charge in [-0.3, -0.25) is 9.59 Å². The van der Waals surface area contributed by atoms with E-state index in [-0.39, 0.29) is 11.8 Å². The minimum atomic E-state index is -0.237. The molecule has 0 aliphatic carbocycles. The van der Waals surface area contributed by atoms with Gasteiger partial charge in [0.05, 0.1) is 5.01 Å². The number of amides is 2. The lowest BCUT2D eigenvalue weighted by Gasteiger charge is -2.17. The van der Waals surface area contributed by atoms with Crippen molar-refractivity contribution in [3.8, 4) is 0 Å². The fourth-order valence-corrected chi connectivity index (χ4v) is 3.85. The fourth-order valence-electron chi connectivity index (χ4n) is 3.07. The van der Waals surface area contributed by atoms with Gasteiger partial charge < -0.3 is 10.6 Å². The predicted molar refractivity (Wildman–Crippen MR) is 107 cm³/mol. The summed E-state index contributed by atoms with van der Waals surface area (Å²) in [4.78, 5) is 28.5. The highest BCUT2D eigenvalue weighted by Crippen LogP contribution is 2.26. The van der Waals surface area contributed by atoms with Crippen molar-refractivity contribution < 1.29 is 9.59 Å². The molecule has 2 amide bonds. The fraction of sp³-hybridized carbons (Fsp3) is 0.190. The van der Waals surface area contributed by atoms with E-state index in [4.69, 9.17) is 0 Å². The molecule has 2 N–H and O–H groups in total. The molecule has 3 aromatic rings. The summed E-state index contributed by atoms with van der Waals surface area (Å²) in [5.41, 5.74) is 4.19. The molecule has 0 radical (unpaired) electrons. The van der Waals surface area contributed by atoms with Crippen LogP contribution in [0.2, 0.25) is 0 Å². The second-order valence-electron chi connectivity index (χ2n) is 6.49. The van der Waals surface area contributed by atoms with Crippen molar-refractivity contribution in [3.63, 3.8) is 0 Å². The number of hydrogen-bond acceptors (Lipinski definition) is 4. The van der Waals surface area contributed by atoms with Gasteiger partial charge >= 0.3 is 0 Å². The number of nitrogens with zero attached hydrogens (tertiary/aromatic N) is 1. The maximum atomic E-state index is 12.5. The van der Waals surface area contributed by atoms with E-state index >= 15 is 0 Å². The summed E-state index contributed by atoms with van der Waals surface area (Å²) in [6, 6.07) is 15.8. The Hall–Kier alpha value is -2.99. The first-order valence-electron chi connectivity index (χ1n) is 8.90. The van der Waals surface area contributed by atoms with Gasteiger partial charge in [0.25, 0.3) is 5.91 Å². The van der Waals surface area contributed by atoms with Crippen LogP contribution in [0.25, 0.3) is 0 Å². The van der Waals surface area contributed by atoms with Crippen LogP contribution in [0.1, 0.15) is 33.0 Å². The van der Waals surface area contributed by atoms with Crippen LogP contribution < -0.4 is 10.6 Å². The zero-order valence-electron chi connectivity index (χ0n) is 14.7. The first-order chi connectivity index (χ1) is 13.2. The van der Waals surface area contributed by atoms with Crippen molar-refractivity contribution in [2.24, 2.45) is 0 Å². The second-order valence-corrected chi connectivity index (χ2v) is 7.43. The zero-order chi connectivity index (χ0) is 18.6. The lowest BCUT2D eigenvalue weighted by molar-refractivity contribution is -0.116. The third-order valence-corrected chi connectivity index (χ3v) is 5.43. The summed E-state index contributed by atoms with van der Waals surface area (Å²) in [5.74, 6) is -0.229. The summed E-state index contributed by atoms with van der Waals surface area (Å²) < 4.78 is 0. The lowest BCUT2D eigenvalue weighted by Crippen LogP contribution is -2.19. The van der Waals surface area contributed by atoms with Gasteiger partial charge in [-0.05, 0) is 36.1 Å². The number of anilines is 2. The third kappa shape index (κ3) is 4.23. The molecule has 0 bridgehead atoms. The maximum absolute atomic E-state index is 12.5. The number of rotatable bonds is 5. The third-order valence-electron chi connectivity index (χ3n) is 4.52. The van der Waals surface area contributed by atoms with Crippen LogP contribution in [0.5, 0.6) is 0 Å². The summed E-state index contributed by atoms with van der Waals surface area (Å²) in [6.45, 7) is 0. The van der Waals surface area contributed by atoms with Crippen LogP contribution in [-0.2, 0) is 24.1 Å². The second kappa shape index (κ2) is 7.72. The average Bonchev–Trinajstić information content (AvgIpc) is 3.16. The minimum Gasteiger partial charge on any atom is -0.326 e. The van der Waals surface area contributed by atoms with Gasteiger partial charge in [0.1, 0.15) is 5.69 Å². The Morgan fingerprint density at radius 2 is 1.96 bits per heavy atom. The Labute approximate surface area is 161 Å². The highest BCUT2D eigenvalue weighted by atomic mass is 32.1. The van der Waals surface area contributed by atoms with Gasteiger partial charge in [0, 0.05) is 29.6 Å². The van der Waals surface area contributed by atoms with Crippen molar-refractivity contribution in [2.45, 2.75) is 25.7 Å². The molecule has 0 saturated carbocycles. The van der Waals surface area contributed by atoms with Gasteiger partial charge in [-0.1, -0.05) is 36.4 Å². The number of aromatic nitrogens is 1. The number of carbonyl (C=O) groups is 2. The van der Waals surface area contributed by atoms with Gasteiger partial charge in [0.15, 0.2) is 0 Å². The first kappa shape index (κ1) is 17.4. The molecule has 5 nitrogen and oxygen atoms in total. The molecule has 0 fully saturated rings. The van der Waals surface area contributed by atoms with E-state index in [2.05, 4.69) is 27.8 Å². The molecule has 1 aromatic heterocycles. The number of aryl methyl sites for hydroxylation is 3. The van der Waals surface area contributed by atoms with Crippen LogP contribution in [-0.4, -0.2) is 16.8 Å². The molecule has 2 aromatic carbocycles. The van der Waals surface area contributed by atoms with E-state index in [1.807, 2.05) is 30.3 Å². The summed E-state index contributed by atoms with van der Waals surface area (Å²) in [6.07, 6.45) is 2.95. The van der Waals surface area contributed by atoms with Crippen molar-refractivity contribution in [3.05, 3.63) is 75.7 Å².